The van der Waals surface area contributed by atoms with E-state index in [1.54, 1.807) is 4.68 Å². The molecule has 0 saturated carbocycles. The van der Waals surface area contributed by atoms with E-state index in [1.807, 2.05) is 13.2 Å². The second kappa shape index (κ2) is 3.90. The number of aliphatic carboxylic acids is 1. The van der Waals surface area contributed by atoms with Gasteiger partial charge in [0.15, 0.2) is 0 Å². The molecular formula is C11H17N3O2. The van der Waals surface area contributed by atoms with Crippen LogP contribution in [0.1, 0.15) is 30.5 Å². The van der Waals surface area contributed by atoms with Crippen molar-refractivity contribution >= 4 is 5.97 Å². The van der Waals surface area contributed by atoms with Gasteiger partial charge in [-0.3, -0.25) is 9.48 Å². The molecule has 0 saturated heterocycles. The number of aromatic nitrogens is 2. The topological polar surface area (TPSA) is 81.1 Å². The largest absolute Gasteiger partial charge is 0.481 e. The van der Waals surface area contributed by atoms with Crippen molar-refractivity contribution in [2.24, 2.45) is 12.8 Å². The van der Waals surface area contributed by atoms with Crippen molar-refractivity contribution in [3.63, 3.8) is 0 Å². The smallest absolute Gasteiger partial charge is 0.304 e. The third-order valence-electron chi connectivity index (χ3n) is 3.43. The van der Waals surface area contributed by atoms with Gasteiger partial charge < -0.3 is 10.8 Å². The van der Waals surface area contributed by atoms with Gasteiger partial charge in [0.25, 0.3) is 0 Å². The number of carboxylic acid groups (broad SMARTS) is 1. The van der Waals surface area contributed by atoms with Gasteiger partial charge >= 0.3 is 5.97 Å². The van der Waals surface area contributed by atoms with E-state index in [-0.39, 0.29) is 6.42 Å². The van der Waals surface area contributed by atoms with E-state index in [1.165, 1.54) is 0 Å². The third kappa shape index (κ3) is 1.71. The zero-order valence-electron chi connectivity index (χ0n) is 9.44. The lowest BCUT2D eigenvalue weighted by atomic mass is 9.70. The summed E-state index contributed by atoms with van der Waals surface area (Å²) in [4.78, 5) is 11.0. The number of carbonyl (C=O) groups is 1. The maximum absolute atomic E-state index is 11.0. The summed E-state index contributed by atoms with van der Waals surface area (Å²) in [6.07, 6.45) is 4.76. The quantitative estimate of drug-likeness (QED) is 0.778. The molecule has 5 nitrogen and oxygen atoms in total. The zero-order chi connectivity index (χ0) is 11.8. The molecular weight excluding hydrogens is 206 g/mol. The van der Waals surface area contributed by atoms with Gasteiger partial charge in [-0.05, 0) is 19.3 Å². The Morgan fingerprint density at radius 1 is 1.75 bits per heavy atom. The maximum atomic E-state index is 11.0. The van der Waals surface area contributed by atoms with Gasteiger partial charge in [-0.25, -0.2) is 0 Å². The van der Waals surface area contributed by atoms with Crippen molar-refractivity contribution in [3.05, 3.63) is 17.5 Å². The fourth-order valence-electron chi connectivity index (χ4n) is 2.65. The summed E-state index contributed by atoms with van der Waals surface area (Å²) < 4.78 is 1.75. The number of hydrogen-bond acceptors (Lipinski definition) is 3. The van der Waals surface area contributed by atoms with Crippen LogP contribution in [0, 0.1) is 0 Å². The first-order valence-electron chi connectivity index (χ1n) is 5.52. The Bertz CT molecular complexity index is 413. The molecule has 1 aliphatic carbocycles. The van der Waals surface area contributed by atoms with Crippen molar-refractivity contribution in [3.8, 4) is 0 Å². The van der Waals surface area contributed by atoms with Crippen LogP contribution in [-0.4, -0.2) is 27.4 Å². The molecule has 0 radical (unpaired) electrons. The van der Waals surface area contributed by atoms with Crippen molar-refractivity contribution in [1.29, 1.82) is 0 Å². The van der Waals surface area contributed by atoms with Crippen molar-refractivity contribution in [1.82, 2.24) is 9.78 Å². The Balaban J connectivity index is 2.44. The monoisotopic (exact) mass is 223 g/mol. The number of nitrogens with two attached hydrogens (primary N) is 1. The van der Waals surface area contributed by atoms with Crippen LogP contribution in [-0.2, 0) is 23.7 Å². The van der Waals surface area contributed by atoms with Gasteiger partial charge in [0.05, 0.1) is 12.1 Å². The summed E-state index contributed by atoms with van der Waals surface area (Å²) in [6, 6.07) is 0. The van der Waals surface area contributed by atoms with Crippen LogP contribution >= 0.6 is 0 Å². The minimum Gasteiger partial charge on any atom is -0.481 e. The van der Waals surface area contributed by atoms with Crippen LogP contribution in [0.5, 0.6) is 0 Å². The van der Waals surface area contributed by atoms with E-state index < -0.39 is 11.4 Å². The molecule has 1 aromatic rings. The second-order valence-electron chi connectivity index (χ2n) is 4.57. The highest BCUT2D eigenvalue weighted by molar-refractivity contribution is 5.69. The fraction of sp³-hybridized carbons (Fsp3) is 0.636. The van der Waals surface area contributed by atoms with Gasteiger partial charge in [-0.1, -0.05) is 0 Å². The Hall–Kier alpha value is -1.36. The SMILES string of the molecule is Cn1cc2c(n1)CCCC2(CN)CC(=O)O. The number of nitrogens with zero attached hydrogens (tertiary/aromatic N) is 2. The molecule has 0 amide bonds. The average molecular weight is 223 g/mol. The lowest BCUT2D eigenvalue weighted by molar-refractivity contribution is -0.138. The first-order chi connectivity index (χ1) is 7.57. The molecule has 1 unspecified atom stereocenters. The van der Waals surface area contributed by atoms with E-state index in [9.17, 15) is 4.79 Å². The predicted octanol–water partition coefficient (Wildman–Crippen LogP) is 0.428. The standard InChI is InChI=1S/C11H17N3O2/c1-14-6-8-9(13-14)3-2-4-11(8,7-12)5-10(15)16/h6H,2-5,7,12H2,1H3,(H,15,16). The Labute approximate surface area is 94.2 Å². The molecule has 1 heterocycles. The number of hydrogen-bond donors (Lipinski definition) is 2. The molecule has 3 N–H and O–H groups in total. The zero-order valence-corrected chi connectivity index (χ0v) is 9.44. The van der Waals surface area contributed by atoms with Crippen LogP contribution < -0.4 is 5.73 Å². The van der Waals surface area contributed by atoms with Gasteiger partial charge in [0.1, 0.15) is 0 Å². The average Bonchev–Trinajstić information content (AvgIpc) is 2.59. The summed E-state index contributed by atoms with van der Waals surface area (Å²) >= 11 is 0. The first-order valence-corrected chi connectivity index (χ1v) is 5.52. The normalized spacial score (nSPS) is 24.1. The fourth-order valence-corrected chi connectivity index (χ4v) is 2.65. The predicted molar refractivity (Wildman–Crippen MR) is 59.1 cm³/mol. The van der Waals surface area contributed by atoms with Crippen molar-refractivity contribution < 1.29 is 9.90 Å². The number of aryl methyl sites for hydroxylation is 2. The van der Waals surface area contributed by atoms with E-state index in [0.717, 1.165) is 30.5 Å². The van der Waals surface area contributed by atoms with Crippen LogP contribution in [0.25, 0.3) is 0 Å². The lowest BCUT2D eigenvalue weighted by Gasteiger charge is -2.34. The van der Waals surface area contributed by atoms with E-state index in [2.05, 4.69) is 5.10 Å². The Morgan fingerprint density at radius 2 is 2.50 bits per heavy atom. The van der Waals surface area contributed by atoms with Crippen LogP contribution in [0.3, 0.4) is 0 Å². The first kappa shape index (κ1) is 11.1. The Kier molecular flexibility index (Phi) is 2.71. The highest BCUT2D eigenvalue weighted by Crippen LogP contribution is 2.38. The number of fused-ring (bicyclic) bond motifs is 1. The second-order valence-corrected chi connectivity index (χ2v) is 4.57. The molecule has 0 fully saturated rings. The highest BCUT2D eigenvalue weighted by atomic mass is 16.4. The molecule has 5 heteroatoms. The molecule has 16 heavy (non-hydrogen) atoms. The number of carboxylic acids is 1. The van der Waals surface area contributed by atoms with Crippen LogP contribution in [0.4, 0.5) is 0 Å². The molecule has 0 aliphatic heterocycles. The molecule has 88 valence electrons. The van der Waals surface area contributed by atoms with E-state index in [4.69, 9.17) is 10.8 Å². The van der Waals surface area contributed by atoms with Gasteiger partial charge in [0.2, 0.25) is 0 Å². The summed E-state index contributed by atoms with van der Waals surface area (Å²) in [5.41, 5.74) is 7.45. The molecule has 0 bridgehead atoms. The molecule has 0 spiro atoms. The molecule has 0 aromatic carbocycles. The molecule has 2 rings (SSSR count). The lowest BCUT2D eigenvalue weighted by Crippen LogP contribution is -2.40. The van der Waals surface area contributed by atoms with Crippen LogP contribution in [0.15, 0.2) is 6.20 Å². The minimum atomic E-state index is -0.790. The van der Waals surface area contributed by atoms with Crippen molar-refractivity contribution in [2.75, 3.05) is 6.54 Å². The summed E-state index contributed by atoms with van der Waals surface area (Å²) in [5.74, 6) is -0.790. The molecule has 1 aromatic heterocycles. The Morgan fingerprint density at radius 3 is 3.12 bits per heavy atom. The van der Waals surface area contributed by atoms with E-state index >= 15 is 0 Å². The molecule has 1 atom stereocenters. The summed E-state index contributed by atoms with van der Waals surface area (Å²) in [6.45, 7) is 0.373. The summed E-state index contributed by atoms with van der Waals surface area (Å²) in [5, 5.41) is 13.4. The molecule has 1 aliphatic rings. The van der Waals surface area contributed by atoms with Crippen molar-refractivity contribution in [2.45, 2.75) is 31.1 Å². The highest BCUT2D eigenvalue weighted by Gasteiger charge is 2.39. The van der Waals surface area contributed by atoms with Crippen LogP contribution in [0.2, 0.25) is 0 Å². The van der Waals surface area contributed by atoms with Gasteiger partial charge in [-0.15, -0.1) is 0 Å². The third-order valence-corrected chi connectivity index (χ3v) is 3.43. The summed E-state index contributed by atoms with van der Waals surface area (Å²) in [7, 11) is 1.86. The number of rotatable bonds is 3. The maximum Gasteiger partial charge on any atom is 0.304 e. The minimum absolute atomic E-state index is 0.0994. The van der Waals surface area contributed by atoms with E-state index in [0.29, 0.717) is 6.54 Å². The van der Waals surface area contributed by atoms with Gasteiger partial charge in [-0.2, -0.15) is 5.10 Å². The van der Waals surface area contributed by atoms with Gasteiger partial charge in [0, 0.05) is 30.8 Å².